The molecule has 1 aliphatic heterocycles. The number of aromatic nitrogens is 2. The van der Waals surface area contributed by atoms with Crippen LogP contribution in [0, 0.1) is 12.7 Å². The van der Waals surface area contributed by atoms with Crippen LogP contribution in [-0.4, -0.2) is 40.4 Å². The van der Waals surface area contributed by atoms with Gasteiger partial charge in [-0.3, -0.25) is 14.5 Å². The third-order valence-electron chi connectivity index (χ3n) is 6.09. The molecule has 1 atom stereocenters. The summed E-state index contributed by atoms with van der Waals surface area (Å²) >= 11 is 1.55. The van der Waals surface area contributed by atoms with E-state index in [0.717, 1.165) is 28.8 Å². The highest BCUT2D eigenvalue weighted by Crippen LogP contribution is 2.48. The lowest BCUT2D eigenvalue weighted by atomic mass is 9.87. The molecule has 190 valence electrons. The van der Waals surface area contributed by atoms with Crippen LogP contribution in [0.3, 0.4) is 0 Å². The van der Waals surface area contributed by atoms with E-state index in [1.165, 1.54) is 12.1 Å². The second-order valence-corrected chi connectivity index (χ2v) is 11.3. The number of rotatable bonds is 6. The zero-order chi connectivity index (χ0) is 26.0. The largest absolute Gasteiger partial charge is 0.355 e. The van der Waals surface area contributed by atoms with Crippen LogP contribution in [0.2, 0.25) is 0 Å². The number of carbonyl (C=O) groups excluding carboxylic acids is 2. The minimum absolute atomic E-state index is 0.108. The molecule has 1 N–H and O–H groups in total. The summed E-state index contributed by atoms with van der Waals surface area (Å²) in [6, 6.07) is 14.3. The highest BCUT2D eigenvalue weighted by molar-refractivity contribution is 8.00. The molecule has 0 spiro atoms. The second kappa shape index (κ2) is 10.5. The molecule has 8 heteroatoms. The average molecular weight is 509 g/mol. The van der Waals surface area contributed by atoms with Gasteiger partial charge in [0.05, 0.1) is 22.4 Å². The number of hydrogen-bond acceptors (Lipinski definition) is 4. The molecule has 3 aromatic rings. The van der Waals surface area contributed by atoms with E-state index in [4.69, 9.17) is 5.10 Å². The Morgan fingerprint density at radius 1 is 1.19 bits per heavy atom. The van der Waals surface area contributed by atoms with Gasteiger partial charge in [-0.1, -0.05) is 57.5 Å². The lowest BCUT2D eigenvalue weighted by Gasteiger charge is -2.24. The molecule has 0 bridgehead atoms. The van der Waals surface area contributed by atoms with Gasteiger partial charge >= 0.3 is 0 Å². The smallest absolute Gasteiger partial charge is 0.240 e. The van der Waals surface area contributed by atoms with E-state index in [1.807, 2.05) is 26.0 Å². The van der Waals surface area contributed by atoms with Crippen molar-refractivity contribution in [2.24, 2.45) is 0 Å². The molecular formula is C28H33FN4O2S. The molecule has 0 fully saturated rings. The molecule has 0 aliphatic carbocycles. The molecule has 2 heterocycles. The van der Waals surface area contributed by atoms with Crippen molar-refractivity contribution in [3.63, 3.8) is 0 Å². The van der Waals surface area contributed by atoms with E-state index in [9.17, 15) is 14.0 Å². The summed E-state index contributed by atoms with van der Waals surface area (Å²) in [7, 11) is 0. The maximum Gasteiger partial charge on any atom is 0.240 e. The topological polar surface area (TPSA) is 67.2 Å². The molecule has 0 saturated carbocycles. The molecule has 4 rings (SSSR count). The van der Waals surface area contributed by atoms with Crippen molar-refractivity contribution in [2.45, 2.75) is 51.7 Å². The Bertz CT molecular complexity index is 1260. The number of benzene rings is 2. The van der Waals surface area contributed by atoms with Gasteiger partial charge < -0.3 is 5.32 Å². The van der Waals surface area contributed by atoms with E-state index in [-0.39, 0.29) is 40.6 Å². The summed E-state index contributed by atoms with van der Waals surface area (Å²) in [4.78, 5) is 27.9. The maximum absolute atomic E-state index is 13.8. The van der Waals surface area contributed by atoms with Crippen molar-refractivity contribution in [1.29, 1.82) is 0 Å². The summed E-state index contributed by atoms with van der Waals surface area (Å²) in [5.74, 6) is 0.0559. The van der Waals surface area contributed by atoms with Crippen molar-refractivity contribution in [2.75, 3.05) is 23.7 Å². The highest BCUT2D eigenvalue weighted by Gasteiger charge is 2.39. The van der Waals surface area contributed by atoms with Gasteiger partial charge in [0.25, 0.3) is 0 Å². The molecular weight excluding hydrogens is 475 g/mol. The number of anilines is 1. The lowest BCUT2D eigenvalue weighted by Crippen LogP contribution is -2.42. The van der Waals surface area contributed by atoms with Gasteiger partial charge in [0.2, 0.25) is 11.8 Å². The Balaban J connectivity index is 1.99. The van der Waals surface area contributed by atoms with E-state index < -0.39 is 0 Å². The number of nitrogens with one attached hydrogen (secondary N) is 1. The second-order valence-electron chi connectivity index (χ2n) is 10.2. The Morgan fingerprint density at radius 3 is 2.56 bits per heavy atom. The van der Waals surface area contributed by atoms with Gasteiger partial charge in [-0.05, 0) is 43.2 Å². The number of amides is 2. The van der Waals surface area contributed by atoms with Crippen LogP contribution in [0.5, 0.6) is 0 Å². The molecule has 6 nitrogen and oxygen atoms in total. The number of carbonyl (C=O) groups is 2. The SMILES string of the molecule is CCCNC(=O)CN1C(=O)CS[C@H](c2cccc(C)c2)c2c(C(C)(C)C)nn(-c3ccc(F)cc3)c21. The lowest BCUT2D eigenvalue weighted by molar-refractivity contribution is -0.122. The third-order valence-corrected chi connectivity index (χ3v) is 7.34. The first-order chi connectivity index (χ1) is 17.1. The predicted molar refractivity (Wildman–Crippen MR) is 143 cm³/mol. The van der Waals surface area contributed by atoms with Gasteiger partial charge in [0.1, 0.15) is 18.2 Å². The molecule has 36 heavy (non-hydrogen) atoms. The zero-order valence-corrected chi connectivity index (χ0v) is 22.3. The zero-order valence-electron chi connectivity index (χ0n) is 21.5. The number of halogens is 1. The minimum atomic E-state index is -0.354. The summed E-state index contributed by atoms with van der Waals surface area (Å²) in [5, 5.41) is 7.74. The fourth-order valence-electron chi connectivity index (χ4n) is 4.40. The Kier molecular flexibility index (Phi) is 7.54. The molecule has 1 aromatic heterocycles. The van der Waals surface area contributed by atoms with Crippen molar-refractivity contribution < 1.29 is 14.0 Å². The van der Waals surface area contributed by atoms with Crippen molar-refractivity contribution in [1.82, 2.24) is 15.1 Å². The van der Waals surface area contributed by atoms with Gasteiger partial charge in [0, 0.05) is 17.5 Å². The normalized spacial score (nSPS) is 16.0. The van der Waals surface area contributed by atoms with Gasteiger partial charge in [-0.15, -0.1) is 11.8 Å². The quantitative estimate of drug-likeness (QED) is 0.490. The van der Waals surface area contributed by atoms with Crippen LogP contribution >= 0.6 is 11.8 Å². The first-order valence-electron chi connectivity index (χ1n) is 12.2. The molecule has 2 amide bonds. The van der Waals surface area contributed by atoms with Crippen LogP contribution in [0.25, 0.3) is 5.69 Å². The average Bonchev–Trinajstić information content (AvgIpc) is 3.16. The van der Waals surface area contributed by atoms with Crippen molar-refractivity contribution in [3.8, 4) is 5.69 Å². The first kappa shape index (κ1) is 25.9. The standard InChI is InChI=1S/C28H33FN4O2S/c1-6-14-30-22(34)16-32-23(35)17-36-25(19-9-7-8-18(2)15-19)24-26(28(3,4)5)31-33(27(24)32)21-12-10-20(29)11-13-21/h7-13,15,25H,6,14,16-17H2,1-5H3,(H,30,34)/t25-/m1/s1. The van der Waals surface area contributed by atoms with Crippen molar-refractivity contribution >= 4 is 29.4 Å². The first-order valence-corrected chi connectivity index (χ1v) is 13.3. The monoisotopic (exact) mass is 508 g/mol. The minimum Gasteiger partial charge on any atom is -0.355 e. The number of thioether (sulfide) groups is 1. The summed E-state index contributed by atoms with van der Waals surface area (Å²) in [6.45, 7) is 10.7. The van der Waals surface area contributed by atoms with Gasteiger partial charge in [-0.25, -0.2) is 9.07 Å². The Labute approximate surface area is 216 Å². The predicted octanol–water partition coefficient (Wildman–Crippen LogP) is 5.31. The van der Waals surface area contributed by atoms with Gasteiger partial charge in [-0.2, -0.15) is 5.10 Å². The van der Waals surface area contributed by atoms with E-state index >= 15 is 0 Å². The molecule has 0 saturated heterocycles. The number of nitrogens with zero attached hydrogens (tertiary/aromatic N) is 3. The highest BCUT2D eigenvalue weighted by atomic mass is 32.2. The van der Waals surface area contributed by atoms with Crippen LogP contribution < -0.4 is 10.2 Å². The molecule has 2 aromatic carbocycles. The van der Waals surface area contributed by atoms with Crippen LogP contribution in [-0.2, 0) is 15.0 Å². The van der Waals surface area contributed by atoms with E-state index in [2.05, 4.69) is 38.2 Å². The van der Waals surface area contributed by atoms with E-state index in [0.29, 0.717) is 18.1 Å². The summed E-state index contributed by atoms with van der Waals surface area (Å²) in [5.41, 5.74) is 4.25. The molecule has 1 aliphatic rings. The fraction of sp³-hybridized carbons (Fsp3) is 0.393. The summed E-state index contributed by atoms with van der Waals surface area (Å²) < 4.78 is 15.5. The van der Waals surface area contributed by atoms with Crippen LogP contribution in [0.15, 0.2) is 48.5 Å². The van der Waals surface area contributed by atoms with E-state index in [1.54, 1.807) is 33.5 Å². The number of fused-ring (bicyclic) bond motifs is 1. The molecule has 0 radical (unpaired) electrons. The Morgan fingerprint density at radius 2 is 1.92 bits per heavy atom. The summed E-state index contributed by atoms with van der Waals surface area (Å²) in [6.07, 6.45) is 0.803. The number of hydrogen-bond donors (Lipinski definition) is 1. The Hall–Kier alpha value is -3.13. The van der Waals surface area contributed by atoms with Crippen LogP contribution in [0.4, 0.5) is 10.2 Å². The maximum atomic E-state index is 13.8. The fourth-order valence-corrected chi connectivity index (χ4v) is 5.58. The molecule has 0 unspecified atom stereocenters. The van der Waals surface area contributed by atoms with Crippen LogP contribution in [0.1, 0.15) is 61.7 Å². The van der Waals surface area contributed by atoms with Gasteiger partial charge in [0.15, 0.2) is 0 Å². The third kappa shape index (κ3) is 5.33. The number of aryl methyl sites for hydroxylation is 1. The van der Waals surface area contributed by atoms with Crippen molar-refractivity contribution in [3.05, 3.63) is 76.7 Å².